The van der Waals surface area contributed by atoms with E-state index >= 15 is 0 Å². The van der Waals surface area contributed by atoms with E-state index in [0.717, 1.165) is 5.57 Å². The van der Waals surface area contributed by atoms with Gasteiger partial charge in [-0.3, -0.25) is 14.6 Å². The second-order valence-electron chi connectivity index (χ2n) is 6.35. The molecule has 4 rings (SSSR count). The molecule has 2 amide bonds. The summed E-state index contributed by atoms with van der Waals surface area (Å²) < 4.78 is 5.98. The van der Waals surface area contributed by atoms with Crippen molar-refractivity contribution in [1.82, 2.24) is 0 Å². The molecule has 0 aliphatic carbocycles. The fourth-order valence-electron chi connectivity index (χ4n) is 3.68. The summed E-state index contributed by atoms with van der Waals surface area (Å²) in [6, 6.07) is 6.26. The maximum absolute atomic E-state index is 12.9. The summed E-state index contributed by atoms with van der Waals surface area (Å²) in [4.78, 5) is 31.2. The monoisotopic (exact) mass is 330 g/mol. The van der Waals surface area contributed by atoms with Crippen molar-refractivity contribution in [2.24, 2.45) is 10.9 Å². The first-order valence-electron chi connectivity index (χ1n) is 7.44. The number of carbonyl (C=O) groups excluding carboxylic acids is 2. The van der Waals surface area contributed by atoms with E-state index in [-0.39, 0.29) is 17.9 Å². The van der Waals surface area contributed by atoms with Gasteiger partial charge in [-0.25, -0.2) is 4.90 Å². The van der Waals surface area contributed by atoms with Gasteiger partial charge in [0, 0.05) is 11.2 Å². The summed E-state index contributed by atoms with van der Waals surface area (Å²) in [5, 5.41) is 0.550. The molecule has 1 aromatic carbocycles. The summed E-state index contributed by atoms with van der Waals surface area (Å²) >= 11 is 5.87. The van der Waals surface area contributed by atoms with Crippen molar-refractivity contribution in [3.8, 4) is 0 Å². The third-order valence-electron chi connectivity index (χ3n) is 4.64. The molecule has 5 nitrogen and oxygen atoms in total. The molecule has 4 atom stereocenters. The molecule has 0 saturated carbocycles. The average molecular weight is 331 g/mol. The van der Waals surface area contributed by atoms with Crippen molar-refractivity contribution in [2.45, 2.75) is 31.6 Å². The van der Waals surface area contributed by atoms with Crippen LogP contribution in [0.25, 0.3) is 0 Å². The van der Waals surface area contributed by atoms with Gasteiger partial charge in [0.25, 0.3) is 5.91 Å². The van der Waals surface area contributed by atoms with Crippen LogP contribution in [0.2, 0.25) is 5.02 Å². The third kappa shape index (κ3) is 2.00. The normalized spacial score (nSPS) is 35.3. The van der Waals surface area contributed by atoms with Gasteiger partial charge in [-0.1, -0.05) is 11.6 Å². The van der Waals surface area contributed by atoms with Gasteiger partial charge in [-0.15, -0.1) is 0 Å². The Morgan fingerprint density at radius 2 is 1.91 bits per heavy atom. The highest BCUT2D eigenvalue weighted by Crippen LogP contribution is 2.46. The summed E-state index contributed by atoms with van der Waals surface area (Å²) in [6.07, 6.45) is 2.89. The number of hydrogen-bond donors (Lipinski definition) is 0. The highest BCUT2D eigenvalue weighted by molar-refractivity contribution is 6.31. The lowest BCUT2D eigenvalue weighted by Crippen LogP contribution is -2.43. The topological polar surface area (TPSA) is 59.0 Å². The summed E-state index contributed by atoms with van der Waals surface area (Å²) in [5.74, 6) is -1.18. The maximum atomic E-state index is 12.9. The molecule has 0 aromatic heterocycles. The number of allylic oxidation sites excluding steroid dienone is 1. The molecule has 0 N–H and O–H groups in total. The SMILES string of the molecule is CC1=C[C@]2(C)O[C@H]3C(=O)N(c4ccc(Cl)cc4)C(=O)[C@@H]3[C@H]2N=C1. The Kier molecular flexibility index (Phi) is 3.02. The van der Waals surface area contributed by atoms with Crippen LogP contribution in [0.3, 0.4) is 0 Å². The number of dihydropyridines is 1. The zero-order chi connectivity index (χ0) is 16.4. The van der Waals surface area contributed by atoms with Gasteiger partial charge in [0.2, 0.25) is 5.91 Å². The number of aliphatic imine (C=N–C) groups is 1. The smallest absolute Gasteiger partial charge is 0.263 e. The summed E-state index contributed by atoms with van der Waals surface area (Å²) in [7, 11) is 0. The first-order chi connectivity index (χ1) is 10.9. The number of carbonyl (C=O) groups is 2. The van der Waals surface area contributed by atoms with E-state index in [1.807, 2.05) is 19.9 Å². The van der Waals surface area contributed by atoms with Crippen LogP contribution >= 0.6 is 11.6 Å². The molecular weight excluding hydrogens is 316 g/mol. The molecule has 1 aromatic rings. The molecule has 0 spiro atoms. The first kappa shape index (κ1) is 14.6. The minimum Gasteiger partial charge on any atom is -0.355 e. The van der Waals surface area contributed by atoms with Gasteiger partial charge in [-0.2, -0.15) is 0 Å². The van der Waals surface area contributed by atoms with Crippen molar-refractivity contribution >= 4 is 35.3 Å². The van der Waals surface area contributed by atoms with E-state index in [0.29, 0.717) is 10.7 Å². The fourth-order valence-corrected chi connectivity index (χ4v) is 3.81. The van der Waals surface area contributed by atoms with Crippen molar-refractivity contribution in [1.29, 1.82) is 0 Å². The van der Waals surface area contributed by atoms with Crippen LogP contribution in [0.4, 0.5) is 5.69 Å². The highest BCUT2D eigenvalue weighted by Gasteiger charge is 2.63. The minimum atomic E-state index is -0.785. The van der Waals surface area contributed by atoms with Crippen LogP contribution in [0.15, 0.2) is 40.9 Å². The molecule has 3 heterocycles. The molecule has 2 fully saturated rings. The molecule has 6 heteroatoms. The standard InChI is InChI=1S/C17H15ClN2O3/c1-9-7-17(2)14(19-8-9)12-13(23-17)16(22)20(15(12)21)11-5-3-10(18)4-6-11/h3-8,12-14H,1-2H3/t12-,13+,14+,17-/m0/s1. The molecule has 23 heavy (non-hydrogen) atoms. The zero-order valence-corrected chi connectivity index (χ0v) is 13.4. The van der Waals surface area contributed by atoms with Crippen molar-refractivity contribution < 1.29 is 14.3 Å². The third-order valence-corrected chi connectivity index (χ3v) is 4.89. The van der Waals surface area contributed by atoms with Gasteiger partial charge in [0.15, 0.2) is 6.10 Å². The van der Waals surface area contributed by atoms with Crippen LogP contribution in [0.1, 0.15) is 13.8 Å². The Balaban J connectivity index is 1.72. The Labute approximate surface area is 138 Å². The predicted molar refractivity (Wildman–Crippen MR) is 86.8 cm³/mol. The van der Waals surface area contributed by atoms with Gasteiger partial charge in [-0.05, 0) is 49.8 Å². The van der Waals surface area contributed by atoms with Crippen LogP contribution in [-0.2, 0) is 14.3 Å². The quantitative estimate of drug-likeness (QED) is 0.743. The van der Waals surface area contributed by atoms with Gasteiger partial charge in [0.1, 0.15) is 5.60 Å². The van der Waals surface area contributed by atoms with Crippen molar-refractivity contribution in [3.05, 3.63) is 40.9 Å². The van der Waals surface area contributed by atoms with Crippen LogP contribution < -0.4 is 4.90 Å². The average Bonchev–Trinajstić information content (AvgIpc) is 2.92. The number of fused-ring (bicyclic) bond motifs is 3. The lowest BCUT2D eigenvalue weighted by atomic mass is 9.85. The molecular formula is C17H15ClN2O3. The Hall–Kier alpha value is -1.98. The maximum Gasteiger partial charge on any atom is 0.263 e. The number of halogens is 1. The summed E-state index contributed by atoms with van der Waals surface area (Å²) in [6.45, 7) is 3.80. The molecule has 0 radical (unpaired) electrons. The van der Waals surface area contributed by atoms with E-state index in [4.69, 9.17) is 16.3 Å². The Morgan fingerprint density at radius 1 is 1.22 bits per heavy atom. The van der Waals surface area contributed by atoms with Crippen LogP contribution in [-0.4, -0.2) is 35.8 Å². The second-order valence-corrected chi connectivity index (χ2v) is 6.78. The van der Waals surface area contributed by atoms with E-state index in [1.165, 1.54) is 4.90 Å². The predicted octanol–water partition coefficient (Wildman–Crippen LogP) is 2.39. The molecule has 3 aliphatic heterocycles. The van der Waals surface area contributed by atoms with E-state index in [9.17, 15) is 9.59 Å². The largest absolute Gasteiger partial charge is 0.355 e. The van der Waals surface area contributed by atoms with E-state index in [1.54, 1.807) is 30.5 Å². The van der Waals surface area contributed by atoms with E-state index in [2.05, 4.69) is 4.99 Å². The number of benzene rings is 1. The molecule has 0 unspecified atom stereocenters. The number of amides is 2. The Morgan fingerprint density at radius 3 is 2.61 bits per heavy atom. The molecule has 2 saturated heterocycles. The van der Waals surface area contributed by atoms with Crippen molar-refractivity contribution in [3.63, 3.8) is 0 Å². The fraction of sp³-hybridized carbons (Fsp3) is 0.353. The lowest BCUT2D eigenvalue weighted by molar-refractivity contribution is -0.129. The number of nitrogens with zero attached hydrogens (tertiary/aromatic N) is 2. The summed E-state index contributed by atoms with van der Waals surface area (Å²) in [5.41, 5.74) is 0.778. The first-order valence-corrected chi connectivity index (χ1v) is 7.82. The van der Waals surface area contributed by atoms with Gasteiger partial charge >= 0.3 is 0 Å². The number of ether oxygens (including phenoxy) is 1. The minimum absolute atomic E-state index is 0.263. The van der Waals surface area contributed by atoms with Crippen LogP contribution in [0.5, 0.6) is 0 Å². The highest BCUT2D eigenvalue weighted by atomic mass is 35.5. The lowest BCUT2D eigenvalue weighted by Gasteiger charge is -2.30. The number of imide groups is 1. The number of hydrogen-bond acceptors (Lipinski definition) is 4. The van der Waals surface area contributed by atoms with Crippen LogP contribution in [0, 0.1) is 5.92 Å². The van der Waals surface area contributed by atoms with Gasteiger partial charge in [0.05, 0.1) is 17.6 Å². The zero-order valence-electron chi connectivity index (χ0n) is 12.7. The number of anilines is 1. The Bertz CT molecular complexity index is 771. The molecule has 118 valence electrons. The van der Waals surface area contributed by atoms with Crippen molar-refractivity contribution in [2.75, 3.05) is 4.90 Å². The van der Waals surface area contributed by atoms with E-state index < -0.39 is 17.6 Å². The second kappa shape index (κ2) is 4.76. The number of rotatable bonds is 1. The van der Waals surface area contributed by atoms with Gasteiger partial charge < -0.3 is 4.74 Å². The molecule has 0 bridgehead atoms. The molecule has 3 aliphatic rings.